The number of halogens is 3. The number of hydrogen-bond acceptors (Lipinski definition) is 2. The summed E-state index contributed by atoms with van der Waals surface area (Å²) in [6.45, 7) is 0. The molecule has 0 heterocycles. The van der Waals surface area contributed by atoms with Crippen LogP contribution in [-0.4, -0.2) is 5.91 Å². The molecule has 0 aliphatic carbocycles. The van der Waals surface area contributed by atoms with E-state index in [9.17, 15) is 4.79 Å². The molecular weight excluding hydrogens is 509 g/mol. The average molecular weight is 514 g/mol. The predicted molar refractivity (Wildman–Crippen MR) is 77.5 cm³/mol. The van der Waals surface area contributed by atoms with E-state index in [1.807, 2.05) is 0 Å². The second kappa shape index (κ2) is 4.47. The normalized spacial score (nSPS) is 10.1. The van der Waals surface area contributed by atoms with Crippen molar-refractivity contribution in [3.63, 3.8) is 0 Å². The number of carbonyl (C=O) groups excluding carboxylic acids is 1. The number of rotatable bonds is 1. The number of amides is 1. The minimum Gasteiger partial charge on any atom is -0.398 e. The van der Waals surface area contributed by atoms with Crippen LogP contribution in [-0.2, 0) is 0 Å². The summed E-state index contributed by atoms with van der Waals surface area (Å²) in [6, 6.07) is 1.75. The minimum atomic E-state index is -0.476. The Morgan fingerprint density at radius 1 is 1.23 bits per heavy atom. The Bertz CT molecular complexity index is 378. The highest BCUT2D eigenvalue weighted by Gasteiger charge is 2.15. The van der Waals surface area contributed by atoms with Crippen LogP contribution in [0.5, 0.6) is 0 Å². The van der Waals surface area contributed by atoms with Gasteiger partial charge in [-0.3, -0.25) is 4.79 Å². The SMILES string of the molecule is NC(=O)c1c(N)cc(I)c(I)c1I. The third-order valence-electron chi connectivity index (χ3n) is 1.44. The first-order chi connectivity index (χ1) is 5.95. The van der Waals surface area contributed by atoms with Crippen LogP contribution < -0.4 is 11.5 Å². The molecule has 3 nitrogen and oxygen atoms in total. The molecule has 0 saturated heterocycles. The molecule has 0 aliphatic rings. The van der Waals surface area contributed by atoms with E-state index >= 15 is 0 Å². The van der Waals surface area contributed by atoms with Gasteiger partial charge in [0, 0.05) is 16.4 Å². The van der Waals surface area contributed by atoms with Gasteiger partial charge in [-0.05, 0) is 73.8 Å². The molecule has 0 fully saturated rings. The van der Waals surface area contributed by atoms with Crippen molar-refractivity contribution in [3.05, 3.63) is 22.3 Å². The fraction of sp³-hybridized carbons (Fsp3) is 0. The smallest absolute Gasteiger partial charge is 0.251 e. The zero-order valence-electron chi connectivity index (χ0n) is 6.27. The van der Waals surface area contributed by atoms with E-state index in [2.05, 4.69) is 67.8 Å². The number of nitrogen functional groups attached to an aromatic ring is 1. The first kappa shape index (κ1) is 11.8. The molecular formula is C7H5I3N2O. The number of hydrogen-bond donors (Lipinski definition) is 2. The van der Waals surface area contributed by atoms with E-state index in [0.29, 0.717) is 11.3 Å². The van der Waals surface area contributed by atoms with Crippen LogP contribution in [0.2, 0.25) is 0 Å². The van der Waals surface area contributed by atoms with Crippen molar-refractivity contribution in [2.75, 3.05) is 5.73 Å². The summed E-state index contributed by atoms with van der Waals surface area (Å²) >= 11 is 6.42. The summed E-state index contributed by atoms with van der Waals surface area (Å²) in [4.78, 5) is 11.0. The number of anilines is 1. The predicted octanol–water partition coefficient (Wildman–Crippen LogP) is 2.18. The van der Waals surface area contributed by atoms with Crippen molar-refractivity contribution in [1.82, 2.24) is 0 Å². The largest absolute Gasteiger partial charge is 0.398 e. The van der Waals surface area contributed by atoms with Crippen molar-refractivity contribution in [2.24, 2.45) is 5.73 Å². The Hall–Kier alpha value is 0.680. The molecule has 0 radical (unpaired) electrons. The first-order valence-corrected chi connectivity index (χ1v) is 6.41. The lowest BCUT2D eigenvalue weighted by atomic mass is 10.2. The van der Waals surface area contributed by atoms with Crippen molar-refractivity contribution in [1.29, 1.82) is 0 Å². The Morgan fingerprint density at radius 2 is 1.77 bits per heavy atom. The molecule has 0 atom stereocenters. The van der Waals surface area contributed by atoms with Gasteiger partial charge in [0.05, 0.1) is 5.56 Å². The van der Waals surface area contributed by atoms with E-state index in [0.717, 1.165) is 10.7 Å². The van der Waals surface area contributed by atoms with Crippen molar-refractivity contribution >= 4 is 79.4 Å². The fourth-order valence-corrected chi connectivity index (χ4v) is 3.28. The highest BCUT2D eigenvalue weighted by molar-refractivity contribution is 14.1. The summed E-state index contributed by atoms with van der Waals surface area (Å²) in [7, 11) is 0. The summed E-state index contributed by atoms with van der Waals surface area (Å²) in [5.74, 6) is -0.476. The second-order valence-corrected chi connectivity index (χ2v) is 5.63. The molecule has 0 aromatic heterocycles. The Morgan fingerprint density at radius 3 is 2.23 bits per heavy atom. The molecule has 0 unspecified atom stereocenters. The molecule has 1 amide bonds. The highest BCUT2D eigenvalue weighted by atomic mass is 127. The van der Waals surface area contributed by atoms with Gasteiger partial charge in [0.25, 0.3) is 5.91 Å². The van der Waals surface area contributed by atoms with Gasteiger partial charge in [0.2, 0.25) is 0 Å². The molecule has 0 saturated carbocycles. The fourth-order valence-electron chi connectivity index (χ4n) is 0.864. The molecule has 1 rings (SSSR count). The maximum atomic E-state index is 11.0. The first-order valence-electron chi connectivity index (χ1n) is 3.18. The van der Waals surface area contributed by atoms with Gasteiger partial charge in [-0.2, -0.15) is 0 Å². The zero-order chi connectivity index (χ0) is 10.2. The third-order valence-corrected chi connectivity index (χ3v) is 6.55. The molecule has 1 aromatic rings. The molecule has 0 spiro atoms. The van der Waals surface area contributed by atoms with Gasteiger partial charge in [-0.15, -0.1) is 0 Å². The van der Waals surface area contributed by atoms with Crippen LogP contribution in [0, 0.1) is 10.7 Å². The van der Waals surface area contributed by atoms with Gasteiger partial charge in [-0.1, -0.05) is 0 Å². The summed E-state index contributed by atoms with van der Waals surface area (Å²) in [6.07, 6.45) is 0. The van der Waals surface area contributed by atoms with Crippen LogP contribution in [0.4, 0.5) is 5.69 Å². The van der Waals surface area contributed by atoms with Crippen LogP contribution in [0.1, 0.15) is 10.4 Å². The quantitative estimate of drug-likeness (QED) is 0.343. The Labute approximate surface area is 116 Å². The van der Waals surface area contributed by atoms with E-state index in [-0.39, 0.29) is 0 Å². The van der Waals surface area contributed by atoms with Crippen molar-refractivity contribution < 1.29 is 4.79 Å². The number of carbonyl (C=O) groups is 1. The average Bonchev–Trinajstić information content (AvgIpc) is 1.99. The maximum absolute atomic E-state index is 11.0. The molecule has 1 aromatic carbocycles. The van der Waals surface area contributed by atoms with E-state index in [1.165, 1.54) is 0 Å². The summed E-state index contributed by atoms with van der Waals surface area (Å²) in [5.41, 5.74) is 11.8. The molecule has 6 heteroatoms. The molecule has 4 N–H and O–H groups in total. The lowest BCUT2D eigenvalue weighted by Gasteiger charge is -2.08. The second-order valence-electron chi connectivity index (χ2n) is 2.31. The van der Waals surface area contributed by atoms with Crippen molar-refractivity contribution in [3.8, 4) is 0 Å². The van der Waals surface area contributed by atoms with E-state index in [1.54, 1.807) is 6.07 Å². The number of primary amides is 1. The van der Waals surface area contributed by atoms with E-state index in [4.69, 9.17) is 11.5 Å². The van der Waals surface area contributed by atoms with Crippen LogP contribution in [0.3, 0.4) is 0 Å². The zero-order valence-corrected chi connectivity index (χ0v) is 12.7. The lowest BCUT2D eigenvalue weighted by Crippen LogP contribution is -2.16. The van der Waals surface area contributed by atoms with Crippen LogP contribution in [0.25, 0.3) is 0 Å². The topological polar surface area (TPSA) is 69.1 Å². The van der Waals surface area contributed by atoms with Gasteiger partial charge in [-0.25, -0.2) is 0 Å². The van der Waals surface area contributed by atoms with E-state index < -0.39 is 5.91 Å². The van der Waals surface area contributed by atoms with Crippen LogP contribution >= 0.6 is 67.8 Å². The van der Waals surface area contributed by atoms with Gasteiger partial charge >= 0.3 is 0 Å². The van der Waals surface area contributed by atoms with Gasteiger partial charge < -0.3 is 11.5 Å². The molecule has 0 aliphatic heterocycles. The van der Waals surface area contributed by atoms with Gasteiger partial charge in [0.1, 0.15) is 0 Å². The summed E-state index contributed by atoms with van der Waals surface area (Å²) in [5, 5.41) is 0. The monoisotopic (exact) mass is 514 g/mol. The highest BCUT2D eigenvalue weighted by Crippen LogP contribution is 2.28. The minimum absolute atomic E-state index is 0.422. The third kappa shape index (κ3) is 2.37. The van der Waals surface area contributed by atoms with Gasteiger partial charge in [0.15, 0.2) is 0 Å². The number of nitrogens with two attached hydrogens (primary N) is 2. The standard InChI is InChI=1S/C7H5I3N2O/c8-2-1-3(11)4(7(12)13)6(10)5(2)9/h1H,11H2,(H2,12,13). The molecule has 0 bridgehead atoms. The maximum Gasteiger partial charge on any atom is 0.251 e. The lowest BCUT2D eigenvalue weighted by molar-refractivity contribution is 0.1000. The molecule has 13 heavy (non-hydrogen) atoms. The summed E-state index contributed by atoms with van der Waals surface area (Å²) < 4.78 is 2.88. The Balaban J connectivity index is 3.53. The number of benzene rings is 1. The Kier molecular flexibility index (Phi) is 4.04. The van der Waals surface area contributed by atoms with Crippen molar-refractivity contribution in [2.45, 2.75) is 0 Å². The molecule has 70 valence electrons. The van der Waals surface area contributed by atoms with Crippen LogP contribution in [0.15, 0.2) is 6.07 Å².